The second kappa shape index (κ2) is 4.85. The van der Waals surface area contributed by atoms with Gasteiger partial charge in [-0.05, 0) is 24.7 Å². The monoisotopic (exact) mass is 424 g/mol. The van der Waals surface area contributed by atoms with Crippen molar-refractivity contribution in [1.82, 2.24) is 0 Å². The first-order valence-electron chi connectivity index (χ1n) is 10.3. The van der Waals surface area contributed by atoms with Crippen LogP contribution in [0.1, 0.15) is 33.6 Å². The molecule has 30 heavy (non-hydrogen) atoms. The minimum atomic E-state index is -2.03. The van der Waals surface area contributed by atoms with Gasteiger partial charge in [-0.25, -0.2) is 9.59 Å². The van der Waals surface area contributed by atoms with Crippen molar-refractivity contribution in [2.24, 2.45) is 28.1 Å². The number of rotatable bonds is 2. The molecule has 2 aliphatic carbocycles. The highest BCUT2D eigenvalue weighted by Crippen LogP contribution is 2.84. The van der Waals surface area contributed by atoms with Crippen LogP contribution < -0.4 is 0 Å². The molecule has 0 amide bonds. The van der Waals surface area contributed by atoms with Crippen molar-refractivity contribution >= 4 is 17.9 Å². The van der Waals surface area contributed by atoms with E-state index < -0.39 is 81.8 Å². The summed E-state index contributed by atoms with van der Waals surface area (Å²) in [4.78, 5) is 38.2. The molecule has 6 aliphatic rings. The van der Waals surface area contributed by atoms with Gasteiger partial charge in [0.2, 0.25) is 11.9 Å². The van der Waals surface area contributed by atoms with Crippen LogP contribution in [0.3, 0.4) is 0 Å². The van der Waals surface area contributed by atoms with Crippen molar-refractivity contribution in [2.75, 3.05) is 6.61 Å². The lowest BCUT2D eigenvalue weighted by molar-refractivity contribution is -0.238. The second-order valence-corrected chi connectivity index (χ2v) is 10.4. The summed E-state index contributed by atoms with van der Waals surface area (Å²) >= 11 is 0. The summed E-state index contributed by atoms with van der Waals surface area (Å²) in [7, 11) is 0. The van der Waals surface area contributed by atoms with Crippen molar-refractivity contribution < 1.29 is 48.7 Å². The Bertz CT molecular complexity index is 915. The van der Waals surface area contributed by atoms with Gasteiger partial charge in [-0.15, -0.1) is 0 Å². The average Bonchev–Trinajstić information content (AvgIpc) is 3.39. The quantitative estimate of drug-likeness (QED) is 0.358. The Kier molecular flexibility index (Phi) is 3.06. The largest absolute Gasteiger partial charge is 0.459 e. The van der Waals surface area contributed by atoms with E-state index >= 15 is 0 Å². The molecule has 6 rings (SSSR count). The lowest BCUT2D eigenvalue weighted by Crippen LogP contribution is -2.66. The van der Waals surface area contributed by atoms with E-state index in [4.69, 9.17) is 18.9 Å². The minimum absolute atomic E-state index is 0.0157. The van der Waals surface area contributed by atoms with Crippen molar-refractivity contribution in [2.45, 2.75) is 69.4 Å². The normalized spacial score (nSPS) is 57.6. The Balaban J connectivity index is 1.67. The third-order valence-electron chi connectivity index (χ3n) is 9.27. The van der Waals surface area contributed by atoms with Crippen LogP contribution >= 0.6 is 0 Å². The number of hydrogen-bond donors (Lipinski definition) is 3. The van der Waals surface area contributed by atoms with Gasteiger partial charge >= 0.3 is 17.9 Å². The summed E-state index contributed by atoms with van der Waals surface area (Å²) in [5, 5.41) is 33.2. The van der Waals surface area contributed by atoms with Crippen LogP contribution in [0.4, 0.5) is 0 Å². The van der Waals surface area contributed by atoms with E-state index in [-0.39, 0.29) is 19.4 Å². The van der Waals surface area contributed by atoms with Gasteiger partial charge in [0, 0.05) is 13.0 Å². The lowest BCUT2D eigenvalue weighted by atomic mass is 9.51. The van der Waals surface area contributed by atoms with E-state index in [9.17, 15) is 29.7 Å². The summed E-state index contributed by atoms with van der Waals surface area (Å²) < 4.78 is 22.8. The van der Waals surface area contributed by atoms with Crippen molar-refractivity contribution in [1.29, 1.82) is 0 Å². The molecule has 0 radical (unpaired) electrons. The first-order valence-corrected chi connectivity index (χ1v) is 10.3. The Morgan fingerprint density at radius 3 is 2.47 bits per heavy atom. The fourth-order valence-electron chi connectivity index (χ4n) is 8.07. The van der Waals surface area contributed by atoms with Gasteiger partial charge in [-0.3, -0.25) is 4.79 Å². The fraction of sp³-hybridized carbons (Fsp3) is 0.850. The average molecular weight is 424 g/mol. The highest BCUT2D eigenvalue weighted by Gasteiger charge is 3.01. The SMILES string of the molecule is C[C@@H]1C(=O)O[C@H]2C[C@@]34[C@H]5C[C@@H](C(C)(C)CO)[C@]36[C@@H](OC(=O)[C@@H]6O)O[C@@]4(C(=O)O5)[C@]21O. The van der Waals surface area contributed by atoms with Crippen LogP contribution in [0.25, 0.3) is 0 Å². The van der Waals surface area contributed by atoms with Crippen LogP contribution in [0.15, 0.2) is 0 Å². The molecule has 10 heteroatoms. The maximum Gasteiger partial charge on any atom is 0.342 e. The van der Waals surface area contributed by atoms with E-state index in [1.54, 1.807) is 13.8 Å². The van der Waals surface area contributed by atoms with Crippen molar-refractivity contribution in [3.05, 3.63) is 0 Å². The third-order valence-corrected chi connectivity index (χ3v) is 9.27. The number of aliphatic hydroxyl groups excluding tert-OH is 2. The highest BCUT2D eigenvalue weighted by molar-refractivity contribution is 5.93. The van der Waals surface area contributed by atoms with Gasteiger partial charge in [0.25, 0.3) is 0 Å². The zero-order valence-corrected chi connectivity index (χ0v) is 16.8. The van der Waals surface area contributed by atoms with Crippen LogP contribution in [0.2, 0.25) is 0 Å². The second-order valence-electron chi connectivity index (χ2n) is 10.4. The molecule has 0 aromatic carbocycles. The van der Waals surface area contributed by atoms with Gasteiger partial charge in [0.15, 0.2) is 11.7 Å². The Labute approximate surface area is 171 Å². The number of esters is 3. The van der Waals surface area contributed by atoms with E-state index in [1.807, 2.05) is 0 Å². The van der Waals surface area contributed by atoms with E-state index in [0.29, 0.717) is 0 Å². The standard InChI is InChI=1S/C20H24O10/c1-7-12(23)27-10-5-17-9-4-8(16(2,3)6-21)18(17)11(22)13(24)29-15(18)30-20(17,14(25)28-9)19(7,10)26/h7-11,15,21-22,26H,4-6H2,1-3H3/t7-,8+,9-,10+,11+,15+,17-,18+,19-,20-/m1/s1. The Morgan fingerprint density at radius 1 is 1.10 bits per heavy atom. The van der Waals surface area contributed by atoms with Gasteiger partial charge < -0.3 is 34.3 Å². The molecule has 2 saturated carbocycles. The molecule has 0 bridgehead atoms. The van der Waals surface area contributed by atoms with E-state index in [1.165, 1.54) is 6.92 Å². The number of aliphatic hydroxyl groups is 3. The van der Waals surface area contributed by atoms with Gasteiger partial charge in [0.05, 0.1) is 16.7 Å². The number of fused-ring (bicyclic) bond motifs is 1. The molecule has 10 nitrogen and oxygen atoms in total. The Morgan fingerprint density at radius 2 is 1.80 bits per heavy atom. The number of hydrogen-bond acceptors (Lipinski definition) is 10. The van der Waals surface area contributed by atoms with Crippen LogP contribution in [0, 0.1) is 28.1 Å². The first-order chi connectivity index (χ1) is 14.0. The summed E-state index contributed by atoms with van der Waals surface area (Å²) in [6, 6.07) is 0. The minimum Gasteiger partial charge on any atom is -0.459 e. The third kappa shape index (κ3) is 1.38. The molecule has 6 fully saturated rings. The zero-order valence-electron chi connectivity index (χ0n) is 16.8. The summed E-state index contributed by atoms with van der Waals surface area (Å²) in [6.45, 7) is 4.81. The van der Waals surface area contributed by atoms with Crippen molar-refractivity contribution in [3.63, 3.8) is 0 Å². The maximum absolute atomic E-state index is 13.3. The predicted octanol–water partition coefficient (Wildman–Crippen LogP) is -1.37. The molecule has 10 atom stereocenters. The van der Waals surface area contributed by atoms with Crippen LogP contribution in [-0.4, -0.2) is 75.6 Å². The molecule has 4 saturated heterocycles. The number of carbonyl (C=O) groups is 3. The van der Waals surface area contributed by atoms with Gasteiger partial charge in [0.1, 0.15) is 12.2 Å². The van der Waals surface area contributed by atoms with E-state index in [0.717, 1.165) is 0 Å². The maximum atomic E-state index is 13.3. The van der Waals surface area contributed by atoms with Crippen LogP contribution in [0.5, 0.6) is 0 Å². The summed E-state index contributed by atoms with van der Waals surface area (Å²) in [6.07, 6.45) is -4.57. The molecule has 4 heterocycles. The number of carbonyl (C=O) groups excluding carboxylic acids is 3. The zero-order chi connectivity index (χ0) is 21.6. The molecular weight excluding hydrogens is 400 g/mol. The topological polar surface area (TPSA) is 149 Å². The first kappa shape index (κ1) is 19.0. The number of ether oxygens (including phenoxy) is 4. The summed E-state index contributed by atoms with van der Waals surface area (Å²) in [5.41, 5.74) is -7.63. The summed E-state index contributed by atoms with van der Waals surface area (Å²) in [5.74, 6) is -3.98. The lowest BCUT2D eigenvalue weighted by Gasteiger charge is -2.47. The molecule has 3 N–H and O–H groups in total. The molecule has 0 unspecified atom stereocenters. The van der Waals surface area contributed by atoms with Crippen molar-refractivity contribution in [3.8, 4) is 0 Å². The predicted molar refractivity (Wildman–Crippen MR) is 92.0 cm³/mol. The molecule has 164 valence electrons. The molecule has 0 aromatic rings. The Hall–Kier alpha value is -1.75. The van der Waals surface area contributed by atoms with Crippen LogP contribution in [-0.2, 0) is 33.3 Å². The van der Waals surface area contributed by atoms with Gasteiger partial charge in [-0.1, -0.05) is 13.8 Å². The smallest absolute Gasteiger partial charge is 0.342 e. The van der Waals surface area contributed by atoms with Gasteiger partial charge in [-0.2, -0.15) is 0 Å². The fourth-order valence-corrected chi connectivity index (χ4v) is 8.07. The molecule has 2 spiro atoms. The molecule has 4 aliphatic heterocycles. The molecular formula is C20H24O10. The van der Waals surface area contributed by atoms with E-state index in [2.05, 4.69) is 0 Å². The molecule has 0 aromatic heterocycles. The highest BCUT2D eigenvalue weighted by atomic mass is 16.8.